The molecule has 5 heteroatoms. The summed E-state index contributed by atoms with van der Waals surface area (Å²) in [6, 6.07) is 3.73. The van der Waals surface area contributed by atoms with Crippen LogP contribution in [0.25, 0.3) is 0 Å². The number of sulfonamides is 1. The summed E-state index contributed by atoms with van der Waals surface area (Å²) in [4.78, 5) is 0.178. The normalized spacial score (nSPS) is 12.1. The lowest BCUT2D eigenvalue weighted by atomic mass is 10.2. The van der Waals surface area contributed by atoms with Crippen molar-refractivity contribution >= 4 is 10.0 Å². The minimum absolute atomic E-state index is 0.178. The molecule has 0 unspecified atom stereocenters. The van der Waals surface area contributed by atoms with Crippen LogP contribution in [-0.4, -0.2) is 26.3 Å². The summed E-state index contributed by atoms with van der Waals surface area (Å²) < 4.78 is 38.6. The first-order chi connectivity index (χ1) is 7.89. The van der Waals surface area contributed by atoms with Gasteiger partial charge in [0.2, 0.25) is 10.0 Å². The van der Waals surface area contributed by atoms with Crippen molar-refractivity contribution in [3.8, 4) is 0 Å². The van der Waals surface area contributed by atoms with Gasteiger partial charge in [0.05, 0.1) is 4.90 Å². The number of rotatable bonds is 5. The molecule has 3 nitrogen and oxygen atoms in total. The Hall–Kier alpha value is -0.940. The van der Waals surface area contributed by atoms with Gasteiger partial charge in [0.15, 0.2) is 0 Å². The van der Waals surface area contributed by atoms with Crippen molar-refractivity contribution in [3.05, 3.63) is 29.6 Å². The third-order valence-corrected chi connectivity index (χ3v) is 4.67. The fraction of sp³-hybridized carbons (Fsp3) is 0.500. The molecule has 0 saturated heterocycles. The second kappa shape index (κ2) is 5.60. The zero-order valence-electron chi connectivity index (χ0n) is 10.4. The summed E-state index contributed by atoms with van der Waals surface area (Å²) in [5.74, 6) is -0.419. The molecule has 0 N–H and O–H groups in total. The lowest BCUT2D eigenvalue weighted by Crippen LogP contribution is -2.28. The number of hydrogen-bond donors (Lipinski definition) is 0. The van der Waals surface area contributed by atoms with Crippen molar-refractivity contribution in [1.29, 1.82) is 0 Å². The molecule has 0 spiro atoms. The van der Waals surface area contributed by atoms with Gasteiger partial charge in [-0.15, -0.1) is 0 Å². The first kappa shape index (κ1) is 14.1. The van der Waals surface area contributed by atoms with Crippen LogP contribution in [0.2, 0.25) is 0 Å². The molecule has 0 fully saturated rings. The van der Waals surface area contributed by atoms with E-state index in [-0.39, 0.29) is 4.90 Å². The zero-order chi connectivity index (χ0) is 13.1. The number of nitrogens with zero attached hydrogens (tertiary/aromatic N) is 1. The topological polar surface area (TPSA) is 37.4 Å². The Morgan fingerprint density at radius 1 is 1.35 bits per heavy atom. The molecule has 0 aromatic heterocycles. The third kappa shape index (κ3) is 3.26. The van der Waals surface area contributed by atoms with Crippen molar-refractivity contribution < 1.29 is 12.8 Å². The Kier molecular flexibility index (Phi) is 4.65. The lowest BCUT2D eigenvalue weighted by molar-refractivity contribution is 0.458. The lowest BCUT2D eigenvalue weighted by Gasteiger charge is -2.18. The van der Waals surface area contributed by atoms with E-state index in [0.29, 0.717) is 12.1 Å². The van der Waals surface area contributed by atoms with E-state index in [9.17, 15) is 12.8 Å². The third-order valence-electron chi connectivity index (χ3n) is 2.65. The van der Waals surface area contributed by atoms with Gasteiger partial charge >= 0.3 is 0 Å². The van der Waals surface area contributed by atoms with Crippen molar-refractivity contribution in [2.24, 2.45) is 0 Å². The minimum atomic E-state index is -3.49. The first-order valence-corrected chi connectivity index (χ1v) is 7.06. The molecule has 0 aliphatic carbocycles. The van der Waals surface area contributed by atoms with Crippen LogP contribution in [0.1, 0.15) is 25.3 Å². The van der Waals surface area contributed by atoms with Crippen molar-refractivity contribution in [2.75, 3.05) is 13.6 Å². The minimum Gasteiger partial charge on any atom is -0.207 e. The Balaban J connectivity index is 3.04. The second-order valence-corrected chi connectivity index (χ2v) is 6.10. The molecule has 0 bridgehead atoms. The molecule has 0 saturated carbocycles. The van der Waals surface area contributed by atoms with E-state index < -0.39 is 15.8 Å². The van der Waals surface area contributed by atoms with Crippen LogP contribution < -0.4 is 0 Å². The smallest absolute Gasteiger partial charge is 0.207 e. The van der Waals surface area contributed by atoms with E-state index in [2.05, 4.69) is 0 Å². The summed E-state index contributed by atoms with van der Waals surface area (Å²) in [6.45, 7) is 4.09. The summed E-state index contributed by atoms with van der Waals surface area (Å²) >= 11 is 0. The van der Waals surface area contributed by atoms with E-state index >= 15 is 0 Å². The molecular formula is C12H18FNO2S. The molecule has 0 aliphatic rings. The van der Waals surface area contributed by atoms with Crippen LogP contribution in [0, 0.1) is 12.7 Å². The summed E-state index contributed by atoms with van der Waals surface area (Å²) in [5.41, 5.74) is 0.438. The average molecular weight is 259 g/mol. The highest BCUT2D eigenvalue weighted by Crippen LogP contribution is 2.19. The van der Waals surface area contributed by atoms with Gasteiger partial charge in [-0.3, -0.25) is 0 Å². The number of benzene rings is 1. The van der Waals surface area contributed by atoms with E-state index in [0.717, 1.165) is 12.8 Å². The van der Waals surface area contributed by atoms with Gasteiger partial charge in [0, 0.05) is 13.6 Å². The predicted molar refractivity (Wildman–Crippen MR) is 65.9 cm³/mol. The quantitative estimate of drug-likeness (QED) is 0.815. The summed E-state index contributed by atoms with van der Waals surface area (Å²) in [6.07, 6.45) is 1.75. The molecule has 0 heterocycles. The van der Waals surface area contributed by atoms with Crippen molar-refractivity contribution in [3.63, 3.8) is 0 Å². The largest absolute Gasteiger partial charge is 0.243 e. The maximum Gasteiger partial charge on any atom is 0.243 e. The maximum atomic E-state index is 12.9. The Labute approximate surface area is 102 Å². The van der Waals surface area contributed by atoms with Crippen LogP contribution in [0.5, 0.6) is 0 Å². The van der Waals surface area contributed by atoms with Gasteiger partial charge in [-0.25, -0.2) is 17.1 Å². The average Bonchev–Trinajstić information content (AvgIpc) is 2.25. The van der Waals surface area contributed by atoms with Gasteiger partial charge < -0.3 is 0 Å². The molecule has 0 amide bonds. The fourth-order valence-corrected chi connectivity index (χ4v) is 2.98. The standard InChI is InChI=1S/C12H18FNO2S/c1-4-5-8-14(3)17(15,16)12-7-6-11(13)9-10(12)2/h6-7,9H,4-5,8H2,1-3H3. The van der Waals surface area contributed by atoms with E-state index in [1.807, 2.05) is 6.92 Å². The van der Waals surface area contributed by atoms with Crippen LogP contribution in [0.15, 0.2) is 23.1 Å². The van der Waals surface area contributed by atoms with Gasteiger partial charge in [-0.1, -0.05) is 13.3 Å². The monoisotopic (exact) mass is 259 g/mol. The van der Waals surface area contributed by atoms with Crippen LogP contribution in [0.3, 0.4) is 0 Å². The highest BCUT2D eigenvalue weighted by Gasteiger charge is 2.22. The molecule has 1 rings (SSSR count). The van der Waals surface area contributed by atoms with Gasteiger partial charge in [-0.2, -0.15) is 0 Å². The first-order valence-electron chi connectivity index (χ1n) is 5.62. The van der Waals surface area contributed by atoms with E-state index in [4.69, 9.17) is 0 Å². The molecule has 96 valence electrons. The van der Waals surface area contributed by atoms with Gasteiger partial charge in [0.25, 0.3) is 0 Å². The van der Waals surface area contributed by atoms with Crippen molar-refractivity contribution in [2.45, 2.75) is 31.6 Å². The van der Waals surface area contributed by atoms with Crippen LogP contribution in [-0.2, 0) is 10.0 Å². The van der Waals surface area contributed by atoms with Crippen LogP contribution >= 0.6 is 0 Å². The summed E-state index contributed by atoms with van der Waals surface area (Å²) in [5, 5.41) is 0. The molecule has 17 heavy (non-hydrogen) atoms. The van der Waals surface area contributed by atoms with Crippen LogP contribution in [0.4, 0.5) is 4.39 Å². The summed E-state index contributed by atoms with van der Waals surface area (Å²) in [7, 11) is -1.94. The highest BCUT2D eigenvalue weighted by molar-refractivity contribution is 7.89. The maximum absolute atomic E-state index is 12.9. The second-order valence-electron chi connectivity index (χ2n) is 4.09. The Morgan fingerprint density at radius 2 is 2.00 bits per heavy atom. The van der Waals surface area contributed by atoms with Gasteiger partial charge in [0.1, 0.15) is 5.82 Å². The van der Waals surface area contributed by atoms with E-state index in [1.165, 1.54) is 22.5 Å². The number of unbranched alkanes of at least 4 members (excludes halogenated alkanes) is 1. The Bertz CT molecular complexity index is 485. The molecule has 0 atom stereocenters. The number of halogens is 1. The van der Waals surface area contributed by atoms with E-state index in [1.54, 1.807) is 14.0 Å². The fourth-order valence-electron chi connectivity index (χ4n) is 1.57. The molecule has 1 aromatic carbocycles. The van der Waals surface area contributed by atoms with Crippen molar-refractivity contribution in [1.82, 2.24) is 4.31 Å². The molecule has 0 radical (unpaired) electrons. The molecule has 1 aromatic rings. The number of hydrogen-bond acceptors (Lipinski definition) is 2. The molecular weight excluding hydrogens is 241 g/mol. The zero-order valence-corrected chi connectivity index (χ0v) is 11.2. The van der Waals surface area contributed by atoms with Gasteiger partial charge in [-0.05, 0) is 37.1 Å². The highest BCUT2D eigenvalue weighted by atomic mass is 32.2. The SMILES string of the molecule is CCCCN(C)S(=O)(=O)c1ccc(F)cc1C. The predicted octanol–water partition coefficient (Wildman–Crippen LogP) is 2.55. The number of aryl methyl sites for hydroxylation is 1. The molecule has 0 aliphatic heterocycles. The Morgan fingerprint density at radius 3 is 2.53 bits per heavy atom.